The molecule has 1 amide bonds. The molecular formula is C15H15ClFN3O3. The maximum atomic E-state index is 13.0. The van der Waals surface area contributed by atoms with E-state index in [1.165, 1.54) is 18.2 Å². The van der Waals surface area contributed by atoms with Crippen molar-refractivity contribution in [3.63, 3.8) is 0 Å². The number of amides is 1. The number of carbonyl (C=O) groups is 1. The SMILES string of the molecule is C[C@H](NC(=O)COc1ccc(F)c(Cl)c1)c1nc(C2CC2)no1. The summed E-state index contributed by atoms with van der Waals surface area (Å²) in [6.07, 6.45) is 2.15. The van der Waals surface area contributed by atoms with Crippen LogP contribution in [0.2, 0.25) is 5.02 Å². The lowest BCUT2D eigenvalue weighted by Gasteiger charge is -2.11. The van der Waals surface area contributed by atoms with Gasteiger partial charge in [-0.05, 0) is 31.9 Å². The van der Waals surface area contributed by atoms with Crippen molar-refractivity contribution in [3.05, 3.63) is 40.8 Å². The summed E-state index contributed by atoms with van der Waals surface area (Å²) < 4.78 is 23.4. The van der Waals surface area contributed by atoms with E-state index in [-0.39, 0.29) is 17.5 Å². The van der Waals surface area contributed by atoms with Gasteiger partial charge >= 0.3 is 0 Å². The van der Waals surface area contributed by atoms with E-state index in [0.717, 1.165) is 12.8 Å². The Bertz CT molecular complexity index is 718. The molecule has 0 bridgehead atoms. The van der Waals surface area contributed by atoms with Gasteiger partial charge in [0.15, 0.2) is 12.4 Å². The van der Waals surface area contributed by atoms with Gasteiger partial charge in [-0.3, -0.25) is 4.79 Å². The first-order valence-electron chi connectivity index (χ1n) is 7.23. The number of carbonyl (C=O) groups excluding carboxylic acids is 1. The van der Waals surface area contributed by atoms with Crippen LogP contribution in [0.1, 0.15) is 43.4 Å². The maximum absolute atomic E-state index is 13.0. The van der Waals surface area contributed by atoms with Crippen LogP contribution in [0.5, 0.6) is 5.75 Å². The Morgan fingerprint density at radius 1 is 1.57 bits per heavy atom. The average Bonchev–Trinajstić information content (AvgIpc) is 3.25. The zero-order valence-electron chi connectivity index (χ0n) is 12.4. The molecule has 0 spiro atoms. The monoisotopic (exact) mass is 339 g/mol. The van der Waals surface area contributed by atoms with E-state index >= 15 is 0 Å². The van der Waals surface area contributed by atoms with Gasteiger partial charge in [0.1, 0.15) is 17.6 Å². The lowest BCUT2D eigenvalue weighted by molar-refractivity contribution is -0.123. The number of aromatic nitrogens is 2. The van der Waals surface area contributed by atoms with Crippen LogP contribution in [0.15, 0.2) is 22.7 Å². The molecule has 2 aromatic rings. The number of nitrogens with one attached hydrogen (secondary N) is 1. The number of benzene rings is 1. The molecule has 0 aliphatic heterocycles. The molecule has 1 aromatic heterocycles. The van der Waals surface area contributed by atoms with Crippen LogP contribution in [-0.2, 0) is 4.79 Å². The molecule has 0 radical (unpaired) electrons. The molecule has 1 saturated carbocycles. The number of hydrogen-bond acceptors (Lipinski definition) is 5. The Morgan fingerprint density at radius 3 is 3.04 bits per heavy atom. The molecule has 8 heteroatoms. The van der Waals surface area contributed by atoms with Crippen LogP contribution < -0.4 is 10.1 Å². The van der Waals surface area contributed by atoms with E-state index in [1.54, 1.807) is 6.92 Å². The Morgan fingerprint density at radius 2 is 2.35 bits per heavy atom. The average molecular weight is 340 g/mol. The number of nitrogens with zero attached hydrogens (tertiary/aromatic N) is 2. The number of hydrogen-bond donors (Lipinski definition) is 1. The fourth-order valence-electron chi connectivity index (χ4n) is 1.99. The smallest absolute Gasteiger partial charge is 0.258 e. The number of ether oxygens (including phenoxy) is 1. The summed E-state index contributed by atoms with van der Waals surface area (Å²) in [6.45, 7) is 1.52. The summed E-state index contributed by atoms with van der Waals surface area (Å²) in [7, 11) is 0. The van der Waals surface area contributed by atoms with Gasteiger partial charge in [-0.15, -0.1) is 0 Å². The molecule has 1 aromatic carbocycles. The second-order valence-corrected chi connectivity index (χ2v) is 5.83. The molecule has 6 nitrogen and oxygen atoms in total. The molecule has 0 saturated heterocycles. The second kappa shape index (κ2) is 6.54. The third kappa shape index (κ3) is 3.98. The summed E-state index contributed by atoms with van der Waals surface area (Å²) >= 11 is 5.64. The van der Waals surface area contributed by atoms with Crippen molar-refractivity contribution in [3.8, 4) is 5.75 Å². The van der Waals surface area contributed by atoms with E-state index in [9.17, 15) is 9.18 Å². The fraction of sp³-hybridized carbons (Fsp3) is 0.400. The molecule has 1 N–H and O–H groups in total. The molecule has 122 valence electrons. The van der Waals surface area contributed by atoms with Gasteiger partial charge in [0.25, 0.3) is 5.91 Å². The van der Waals surface area contributed by atoms with Crippen LogP contribution in [0.3, 0.4) is 0 Å². The van der Waals surface area contributed by atoms with Crippen molar-refractivity contribution in [1.82, 2.24) is 15.5 Å². The quantitative estimate of drug-likeness (QED) is 0.875. The van der Waals surface area contributed by atoms with Gasteiger partial charge < -0.3 is 14.6 Å². The Hall–Kier alpha value is -2.15. The highest BCUT2D eigenvalue weighted by molar-refractivity contribution is 6.30. The summed E-state index contributed by atoms with van der Waals surface area (Å²) in [6, 6.07) is 3.48. The van der Waals surface area contributed by atoms with Crippen molar-refractivity contribution in [2.24, 2.45) is 0 Å². The van der Waals surface area contributed by atoms with Gasteiger partial charge in [0, 0.05) is 12.0 Å². The summed E-state index contributed by atoms with van der Waals surface area (Å²) in [5.74, 6) is 0.863. The standard InChI is InChI=1S/C15H15ClFN3O3/c1-8(15-19-14(20-23-15)9-2-3-9)18-13(21)7-22-10-4-5-12(17)11(16)6-10/h4-6,8-9H,2-3,7H2,1H3,(H,18,21)/t8-/m0/s1. The molecule has 3 rings (SSSR count). The molecule has 1 heterocycles. The van der Waals surface area contributed by atoms with Crippen LogP contribution in [0.25, 0.3) is 0 Å². The highest BCUT2D eigenvalue weighted by atomic mass is 35.5. The van der Waals surface area contributed by atoms with Crippen LogP contribution in [-0.4, -0.2) is 22.7 Å². The zero-order chi connectivity index (χ0) is 16.4. The topological polar surface area (TPSA) is 77.2 Å². The van der Waals surface area contributed by atoms with Crippen molar-refractivity contribution in [2.45, 2.75) is 31.7 Å². The lowest BCUT2D eigenvalue weighted by Crippen LogP contribution is -2.31. The first kappa shape index (κ1) is 15.7. The Kier molecular flexibility index (Phi) is 4.47. The predicted octanol–water partition coefficient (Wildman–Crippen LogP) is 3.00. The molecule has 1 atom stereocenters. The largest absolute Gasteiger partial charge is 0.484 e. The fourth-order valence-corrected chi connectivity index (χ4v) is 2.16. The van der Waals surface area contributed by atoms with Crippen molar-refractivity contribution in [1.29, 1.82) is 0 Å². The van der Waals surface area contributed by atoms with E-state index in [2.05, 4.69) is 15.5 Å². The van der Waals surface area contributed by atoms with Gasteiger partial charge in [0.05, 0.1) is 5.02 Å². The zero-order valence-corrected chi connectivity index (χ0v) is 13.1. The first-order chi connectivity index (χ1) is 11.0. The predicted molar refractivity (Wildman–Crippen MR) is 79.7 cm³/mol. The van der Waals surface area contributed by atoms with Crippen molar-refractivity contribution < 1.29 is 18.4 Å². The minimum absolute atomic E-state index is 0.0604. The van der Waals surface area contributed by atoms with E-state index < -0.39 is 11.9 Å². The number of rotatable bonds is 6. The highest BCUT2D eigenvalue weighted by Crippen LogP contribution is 2.38. The van der Waals surface area contributed by atoms with E-state index in [0.29, 0.717) is 23.4 Å². The summed E-state index contributed by atoms with van der Waals surface area (Å²) in [5.41, 5.74) is 0. The van der Waals surface area contributed by atoms with E-state index in [1.807, 2.05) is 0 Å². The second-order valence-electron chi connectivity index (χ2n) is 5.42. The lowest BCUT2D eigenvalue weighted by atomic mass is 10.3. The molecule has 1 aliphatic carbocycles. The molecular weight excluding hydrogens is 325 g/mol. The van der Waals surface area contributed by atoms with Crippen molar-refractivity contribution in [2.75, 3.05) is 6.61 Å². The van der Waals surface area contributed by atoms with Gasteiger partial charge in [-0.25, -0.2) is 4.39 Å². The third-order valence-corrected chi connectivity index (χ3v) is 3.70. The Labute approximate surface area is 137 Å². The molecule has 1 aliphatic rings. The van der Waals surface area contributed by atoms with E-state index in [4.69, 9.17) is 20.9 Å². The van der Waals surface area contributed by atoms with Gasteiger partial charge in [-0.1, -0.05) is 16.8 Å². The normalized spacial score (nSPS) is 15.3. The van der Waals surface area contributed by atoms with Crippen LogP contribution in [0.4, 0.5) is 4.39 Å². The molecule has 23 heavy (non-hydrogen) atoms. The van der Waals surface area contributed by atoms with Gasteiger partial charge in [0.2, 0.25) is 5.89 Å². The maximum Gasteiger partial charge on any atom is 0.258 e. The highest BCUT2D eigenvalue weighted by Gasteiger charge is 2.29. The number of halogens is 2. The van der Waals surface area contributed by atoms with Crippen molar-refractivity contribution >= 4 is 17.5 Å². The minimum Gasteiger partial charge on any atom is -0.484 e. The minimum atomic E-state index is -0.542. The van der Waals surface area contributed by atoms with Crippen LogP contribution in [0, 0.1) is 5.82 Å². The van der Waals surface area contributed by atoms with Crippen LogP contribution >= 0.6 is 11.6 Å². The third-order valence-electron chi connectivity index (χ3n) is 3.41. The first-order valence-corrected chi connectivity index (χ1v) is 7.61. The van der Waals surface area contributed by atoms with Gasteiger partial charge in [-0.2, -0.15) is 4.98 Å². The summed E-state index contributed by atoms with van der Waals surface area (Å²) in [4.78, 5) is 16.1. The summed E-state index contributed by atoms with van der Waals surface area (Å²) in [5, 5.41) is 6.54. The Balaban J connectivity index is 1.50. The molecule has 0 unspecified atom stereocenters. The molecule has 1 fully saturated rings.